The summed E-state index contributed by atoms with van der Waals surface area (Å²) >= 11 is 0. The van der Waals surface area contributed by atoms with E-state index in [0.29, 0.717) is 16.9 Å². The summed E-state index contributed by atoms with van der Waals surface area (Å²) in [5.41, 5.74) is 1.54. The van der Waals surface area contributed by atoms with E-state index in [0.717, 1.165) is 24.6 Å². The summed E-state index contributed by atoms with van der Waals surface area (Å²) in [6, 6.07) is 7.07. The topological polar surface area (TPSA) is 65.0 Å². The molecule has 1 N–H and O–H groups in total. The monoisotopic (exact) mass is 520 g/mol. The molecule has 158 valence electrons. The molecule has 1 aliphatic carbocycles. The zero-order chi connectivity index (χ0) is 19.5. The fraction of sp³-hybridized carbons (Fsp3) is 0.650. The van der Waals surface area contributed by atoms with E-state index in [1.807, 2.05) is 19.2 Å². The maximum Gasteiger partial charge on any atom is 0.242 e. The highest BCUT2D eigenvalue weighted by molar-refractivity contribution is 14.0. The van der Waals surface area contributed by atoms with Gasteiger partial charge in [0.25, 0.3) is 0 Å². The van der Waals surface area contributed by atoms with Crippen LogP contribution >= 0.6 is 24.0 Å². The Bertz CT molecular complexity index is 772. The molecule has 2 aliphatic rings. The number of nitrogens with one attached hydrogen (secondary N) is 1. The van der Waals surface area contributed by atoms with E-state index in [9.17, 15) is 8.42 Å². The van der Waals surface area contributed by atoms with Crippen molar-refractivity contribution in [3.05, 3.63) is 29.8 Å². The van der Waals surface area contributed by atoms with E-state index < -0.39 is 10.0 Å². The molecular formula is C20H33IN4O2S. The fourth-order valence-corrected chi connectivity index (χ4v) is 5.23. The molecule has 0 radical (unpaired) electrons. The van der Waals surface area contributed by atoms with Crippen LogP contribution in [0.15, 0.2) is 34.2 Å². The summed E-state index contributed by atoms with van der Waals surface area (Å²) in [4.78, 5) is 7.18. The van der Waals surface area contributed by atoms with Crippen molar-refractivity contribution in [3.63, 3.8) is 0 Å². The van der Waals surface area contributed by atoms with Crippen LogP contribution in [0.25, 0.3) is 0 Å². The molecule has 0 aromatic heterocycles. The average Bonchev–Trinajstić information content (AvgIpc) is 3.06. The summed E-state index contributed by atoms with van der Waals surface area (Å²) in [7, 11) is 1.55. The first-order chi connectivity index (χ1) is 12.9. The van der Waals surface area contributed by atoms with Gasteiger partial charge in [0.1, 0.15) is 0 Å². The van der Waals surface area contributed by atoms with Gasteiger partial charge >= 0.3 is 0 Å². The third-order valence-corrected chi connectivity index (χ3v) is 7.85. The van der Waals surface area contributed by atoms with Crippen LogP contribution in [-0.4, -0.2) is 57.8 Å². The van der Waals surface area contributed by atoms with Crippen LogP contribution in [0, 0.1) is 5.41 Å². The highest BCUT2D eigenvalue weighted by atomic mass is 127. The molecule has 0 unspecified atom stereocenters. The van der Waals surface area contributed by atoms with Gasteiger partial charge in [0, 0.05) is 40.8 Å². The maximum atomic E-state index is 12.2. The van der Waals surface area contributed by atoms with Gasteiger partial charge in [-0.3, -0.25) is 4.99 Å². The Kier molecular flexibility index (Phi) is 8.16. The second-order valence-corrected chi connectivity index (χ2v) is 10.2. The number of hydrogen-bond donors (Lipinski definition) is 1. The zero-order valence-corrected chi connectivity index (χ0v) is 20.3. The Balaban J connectivity index is 0.00000280. The normalized spacial score (nSPS) is 19.7. The average molecular weight is 520 g/mol. The van der Waals surface area contributed by atoms with Crippen molar-refractivity contribution in [1.82, 2.24) is 14.5 Å². The minimum absolute atomic E-state index is 0. The van der Waals surface area contributed by atoms with Crippen LogP contribution in [0.1, 0.15) is 44.1 Å². The van der Waals surface area contributed by atoms with Crippen molar-refractivity contribution in [2.45, 2.75) is 50.0 Å². The molecule has 28 heavy (non-hydrogen) atoms. The van der Waals surface area contributed by atoms with Crippen LogP contribution < -0.4 is 5.32 Å². The van der Waals surface area contributed by atoms with E-state index in [1.54, 1.807) is 26.2 Å². The standard InChI is InChI=1S/C20H32N4O2S.HI/c1-21-19(24-14-13-20(16-24)11-5-4-6-12-20)22-15-17-7-9-18(10-8-17)27(25,26)23(2)3;/h7-10H,4-6,11-16H2,1-3H3,(H,21,22);1H. The van der Waals surface area contributed by atoms with E-state index in [4.69, 9.17) is 0 Å². The predicted molar refractivity (Wildman–Crippen MR) is 125 cm³/mol. The lowest BCUT2D eigenvalue weighted by atomic mass is 9.73. The zero-order valence-electron chi connectivity index (χ0n) is 17.1. The van der Waals surface area contributed by atoms with Crippen LogP contribution in [0.5, 0.6) is 0 Å². The van der Waals surface area contributed by atoms with Gasteiger partial charge in [-0.1, -0.05) is 31.4 Å². The molecule has 2 fully saturated rings. The third-order valence-electron chi connectivity index (χ3n) is 6.02. The van der Waals surface area contributed by atoms with Crippen LogP contribution in [0.2, 0.25) is 0 Å². The third kappa shape index (κ3) is 5.18. The van der Waals surface area contributed by atoms with E-state index in [1.165, 1.54) is 42.8 Å². The van der Waals surface area contributed by atoms with Crippen molar-refractivity contribution in [2.24, 2.45) is 10.4 Å². The second kappa shape index (κ2) is 9.75. The first kappa shape index (κ1) is 23.4. The quantitative estimate of drug-likeness (QED) is 0.376. The van der Waals surface area contributed by atoms with Gasteiger partial charge in [0.2, 0.25) is 10.0 Å². The number of nitrogens with zero attached hydrogens (tertiary/aromatic N) is 3. The first-order valence-electron chi connectivity index (χ1n) is 9.83. The lowest BCUT2D eigenvalue weighted by molar-refractivity contribution is 0.203. The Morgan fingerprint density at radius 1 is 1.14 bits per heavy atom. The minimum Gasteiger partial charge on any atom is -0.352 e. The van der Waals surface area contributed by atoms with Gasteiger partial charge in [0.15, 0.2) is 5.96 Å². The van der Waals surface area contributed by atoms with Gasteiger partial charge in [0.05, 0.1) is 4.90 Å². The van der Waals surface area contributed by atoms with Crippen molar-refractivity contribution in [1.29, 1.82) is 0 Å². The molecule has 1 spiro atoms. The molecule has 1 saturated heterocycles. The van der Waals surface area contributed by atoms with Crippen molar-refractivity contribution >= 4 is 40.0 Å². The molecule has 8 heteroatoms. The molecule has 1 heterocycles. The van der Waals surface area contributed by atoms with Gasteiger partial charge in [-0.05, 0) is 42.4 Å². The number of hydrogen-bond acceptors (Lipinski definition) is 3. The molecule has 1 aromatic rings. The van der Waals surface area contributed by atoms with E-state index in [-0.39, 0.29) is 24.0 Å². The molecular weight excluding hydrogens is 487 g/mol. The Labute approximate surface area is 186 Å². The predicted octanol–water partition coefficient (Wildman–Crippen LogP) is 3.29. The van der Waals surface area contributed by atoms with Crippen LogP contribution in [0.3, 0.4) is 0 Å². The molecule has 0 atom stereocenters. The SMILES string of the molecule is CN=C(NCc1ccc(S(=O)(=O)N(C)C)cc1)N1CCC2(CCCCC2)C1.I. The Morgan fingerprint density at radius 3 is 2.36 bits per heavy atom. The number of benzene rings is 1. The maximum absolute atomic E-state index is 12.2. The minimum atomic E-state index is -3.38. The summed E-state index contributed by atoms with van der Waals surface area (Å²) < 4.78 is 25.6. The number of guanidine groups is 1. The van der Waals surface area contributed by atoms with Crippen molar-refractivity contribution in [3.8, 4) is 0 Å². The van der Waals surface area contributed by atoms with Gasteiger partial charge in [-0.15, -0.1) is 24.0 Å². The smallest absolute Gasteiger partial charge is 0.242 e. The van der Waals surface area contributed by atoms with Gasteiger partial charge in [-0.25, -0.2) is 12.7 Å². The molecule has 1 aromatic carbocycles. The molecule has 0 amide bonds. The van der Waals surface area contributed by atoms with Crippen LogP contribution in [-0.2, 0) is 16.6 Å². The Morgan fingerprint density at radius 2 is 1.79 bits per heavy atom. The highest BCUT2D eigenvalue weighted by Gasteiger charge is 2.39. The van der Waals surface area contributed by atoms with Crippen molar-refractivity contribution < 1.29 is 8.42 Å². The molecule has 0 bridgehead atoms. The molecule has 6 nitrogen and oxygen atoms in total. The van der Waals surface area contributed by atoms with E-state index >= 15 is 0 Å². The number of halogens is 1. The second-order valence-electron chi connectivity index (χ2n) is 8.06. The number of rotatable bonds is 4. The van der Waals surface area contributed by atoms with Gasteiger partial charge < -0.3 is 10.2 Å². The number of likely N-dealkylation sites (tertiary alicyclic amines) is 1. The summed E-state index contributed by atoms with van der Waals surface area (Å²) in [6.45, 7) is 2.81. The first-order valence-corrected chi connectivity index (χ1v) is 11.3. The summed E-state index contributed by atoms with van der Waals surface area (Å²) in [5, 5.41) is 3.45. The molecule has 3 rings (SSSR count). The van der Waals surface area contributed by atoms with Crippen molar-refractivity contribution in [2.75, 3.05) is 34.2 Å². The summed E-state index contributed by atoms with van der Waals surface area (Å²) in [6.07, 6.45) is 8.08. The fourth-order valence-electron chi connectivity index (χ4n) is 4.33. The summed E-state index contributed by atoms with van der Waals surface area (Å²) in [5.74, 6) is 0.947. The number of sulfonamides is 1. The molecule has 1 aliphatic heterocycles. The molecule has 1 saturated carbocycles. The lowest BCUT2D eigenvalue weighted by Crippen LogP contribution is -2.41. The Hall–Kier alpha value is -0.870. The lowest BCUT2D eigenvalue weighted by Gasteiger charge is -2.33. The van der Waals surface area contributed by atoms with Crippen LogP contribution in [0.4, 0.5) is 0 Å². The number of aliphatic imine (C=N–C) groups is 1. The van der Waals surface area contributed by atoms with E-state index in [2.05, 4.69) is 15.2 Å². The highest BCUT2D eigenvalue weighted by Crippen LogP contribution is 2.43. The van der Waals surface area contributed by atoms with Gasteiger partial charge in [-0.2, -0.15) is 0 Å². The largest absolute Gasteiger partial charge is 0.352 e.